The van der Waals surface area contributed by atoms with E-state index in [-0.39, 0.29) is 24.3 Å². The molecule has 180 valence electrons. The van der Waals surface area contributed by atoms with Crippen molar-refractivity contribution in [2.24, 2.45) is 5.92 Å². The van der Waals surface area contributed by atoms with E-state index in [0.29, 0.717) is 23.7 Å². The van der Waals surface area contributed by atoms with Crippen LogP contribution in [0.5, 0.6) is 5.75 Å². The molecular weight excluding hydrogens is 491 g/mol. The smallest absolute Gasteiger partial charge is 0.266 e. The molecule has 1 saturated heterocycles. The third kappa shape index (κ3) is 5.63. The van der Waals surface area contributed by atoms with Gasteiger partial charge in [-0.15, -0.1) is 0 Å². The average molecular weight is 512 g/mol. The lowest BCUT2D eigenvalue weighted by atomic mass is 9.81. The molecule has 2 atom stereocenters. The summed E-state index contributed by atoms with van der Waals surface area (Å²) in [7, 11) is -4.51. The first-order chi connectivity index (χ1) is 16.2. The van der Waals surface area contributed by atoms with E-state index in [0.717, 1.165) is 36.9 Å². The highest BCUT2D eigenvalue weighted by Crippen LogP contribution is 2.33. The number of anilines is 1. The van der Waals surface area contributed by atoms with Crippen molar-refractivity contribution < 1.29 is 26.3 Å². The van der Waals surface area contributed by atoms with Crippen LogP contribution in [0.15, 0.2) is 59.6 Å². The van der Waals surface area contributed by atoms with E-state index >= 15 is 0 Å². The third-order valence-electron chi connectivity index (χ3n) is 5.60. The summed E-state index contributed by atoms with van der Waals surface area (Å²) in [5.41, 5.74) is 1.08. The van der Waals surface area contributed by atoms with Crippen LogP contribution in [0, 0.1) is 23.4 Å². The third-order valence-corrected chi connectivity index (χ3v) is 7.22. The predicted molar refractivity (Wildman–Crippen MR) is 122 cm³/mol. The molecule has 6 nitrogen and oxygen atoms in total. The summed E-state index contributed by atoms with van der Waals surface area (Å²) in [6.45, 7) is 1.54. The van der Waals surface area contributed by atoms with Gasteiger partial charge in [0.25, 0.3) is 10.0 Å². The zero-order valence-electron chi connectivity index (χ0n) is 17.8. The molecular formula is C23H21ClF3N3O3S. The molecule has 2 unspecified atom stereocenters. The zero-order chi connectivity index (χ0) is 24.3. The molecule has 1 fully saturated rings. The molecule has 0 bridgehead atoms. The molecule has 2 N–H and O–H groups in total. The second kappa shape index (κ2) is 10.2. The fraction of sp³-hybridized carbons (Fsp3) is 0.261. The Morgan fingerprint density at radius 2 is 1.85 bits per heavy atom. The Balaban J connectivity index is 1.49. The van der Waals surface area contributed by atoms with Gasteiger partial charge in [-0.25, -0.2) is 26.6 Å². The highest BCUT2D eigenvalue weighted by Gasteiger charge is 2.28. The Labute approximate surface area is 200 Å². The van der Waals surface area contributed by atoms with Gasteiger partial charge < -0.3 is 10.1 Å². The molecule has 34 heavy (non-hydrogen) atoms. The number of rotatable bonds is 7. The van der Waals surface area contributed by atoms with Crippen LogP contribution in [-0.4, -0.2) is 33.1 Å². The molecule has 2 aromatic carbocycles. The summed E-state index contributed by atoms with van der Waals surface area (Å²) in [6, 6.07) is 10.8. The van der Waals surface area contributed by atoms with Gasteiger partial charge in [0.2, 0.25) is 0 Å². The van der Waals surface area contributed by atoms with Crippen molar-refractivity contribution in [3.05, 3.63) is 82.8 Å². The number of nitrogens with one attached hydrogen (secondary N) is 2. The molecule has 1 aromatic heterocycles. The van der Waals surface area contributed by atoms with Gasteiger partial charge in [-0.1, -0.05) is 23.7 Å². The summed E-state index contributed by atoms with van der Waals surface area (Å²) in [4.78, 5) is 2.64. The van der Waals surface area contributed by atoms with Crippen LogP contribution in [-0.2, 0) is 10.0 Å². The first-order valence-corrected chi connectivity index (χ1v) is 12.3. The Bertz CT molecular complexity index is 1260. The first kappa shape index (κ1) is 24.3. The molecule has 0 radical (unpaired) electrons. The van der Waals surface area contributed by atoms with Crippen LogP contribution >= 0.6 is 11.6 Å². The summed E-state index contributed by atoms with van der Waals surface area (Å²) in [6.07, 6.45) is 1.63. The maximum atomic E-state index is 14.7. The van der Waals surface area contributed by atoms with Crippen LogP contribution in [0.2, 0.25) is 5.02 Å². The van der Waals surface area contributed by atoms with Crippen molar-refractivity contribution >= 4 is 27.4 Å². The molecule has 4 rings (SSSR count). The van der Waals surface area contributed by atoms with E-state index in [1.807, 2.05) is 16.9 Å². The lowest BCUT2D eigenvalue weighted by Gasteiger charge is -2.32. The Kier molecular flexibility index (Phi) is 7.30. The van der Waals surface area contributed by atoms with Crippen LogP contribution in [0.3, 0.4) is 0 Å². The number of ether oxygens (including phenoxy) is 1. The number of halogens is 4. The topological polar surface area (TPSA) is 80.3 Å². The van der Waals surface area contributed by atoms with Gasteiger partial charge in [0.15, 0.2) is 11.6 Å². The Morgan fingerprint density at radius 3 is 2.56 bits per heavy atom. The monoisotopic (exact) mass is 511 g/mol. The number of nitrogens with zero attached hydrogens (tertiary/aromatic N) is 1. The minimum absolute atomic E-state index is 0.0213. The van der Waals surface area contributed by atoms with Crippen LogP contribution in [0.1, 0.15) is 17.9 Å². The van der Waals surface area contributed by atoms with Crippen molar-refractivity contribution in [3.8, 4) is 5.75 Å². The molecule has 1 aliphatic rings. The fourth-order valence-electron chi connectivity index (χ4n) is 3.90. The summed E-state index contributed by atoms with van der Waals surface area (Å²) >= 11 is 5.98. The van der Waals surface area contributed by atoms with Gasteiger partial charge in [0.05, 0.1) is 12.8 Å². The van der Waals surface area contributed by atoms with Crippen molar-refractivity contribution in [2.45, 2.75) is 17.2 Å². The highest BCUT2D eigenvalue weighted by molar-refractivity contribution is 7.92. The Hall–Kier alpha value is -2.82. The molecule has 1 aliphatic heterocycles. The van der Waals surface area contributed by atoms with Crippen LogP contribution in [0.25, 0.3) is 0 Å². The summed E-state index contributed by atoms with van der Waals surface area (Å²) < 4.78 is 74.9. The lowest BCUT2D eigenvalue weighted by Crippen LogP contribution is -2.38. The standard InChI is InChI=1S/C23H21ClF3N3O3S/c24-16-3-1-14(2-4-16)18-7-8-28-11-15(18)13-33-21-9-20(27)22(10-19(21)26)34(31,32)30-23-6-5-17(25)12-29-23/h1-6,9-10,12,15,18,28H,7-8,11,13H2,(H,29,30). The van der Waals surface area contributed by atoms with Gasteiger partial charge in [-0.05, 0) is 48.7 Å². The normalized spacial score (nSPS) is 18.5. The number of piperidine rings is 1. The highest BCUT2D eigenvalue weighted by atomic mass is 35.5. The molecule has 3 aromatic rings. The van der Waals surface area contributed by atoms with E-state index < -0.39 is 38.1 Å². The molecule has 0 saturated carbocycles. The minimum Gasteiger partial charge on any atom is -0.490 e. The quantitative estimate of drug-likeness (QED) is 0.479. The lowest BCUT2D eigenvalue weighted by molar-refractivity contribution is 0.190. The van der Waals surface area contributed by atoms with E-state index in [2.05, 4.69) is 10.3 Å². The van der Waals surface area contributed by atoms with E-state index in [9.17, 15) is 21.6 Å². The van der Waals surface area contributed by atoms with Gasteiger partial charge in [-0.2, -0.15) is 0 Å². The van der Waals surface area contributed by atoms with Gasteiger partial charge in [0.1, 0.15) is 22.3 Å². The fourth-order valence-corrected chi connectivity index (χ4v) is 5.11. The van der Waals surface area contributed by atoms with E-state index in [1.165, 1.54) is 0 Å². The van der Waals surface area contributed by atoms with Gasteiger partial charge in [-0.3, -0.25) is 4.72 Å². The summed E-state index contributed by atoms with van der Waals surface area (Å²) in [5, 5.41) is 3.90. The van der Waals surface area contributed by atoms with Crippen molar-refractivity contribution in [1.29, 1.82) is 0 Å². The maximum absolute atomic E-state index is 14.7. The van der Waals surface area contributed by atoms with Gasteiger partial charge >= 0.3 is 0 Å². The van der Waals surface area contributed by atoms with E-state index in [4.69, 9.17) is 16.3 Å². The number of aromatic nitrogens is 1. The second-order valence-electron chi connectivity index (χ2n) is 7.90. The first-order valence-electron chi connectivity index (χ1n) is 10.5. The summed E-state index contributed by atoms with van der Waals surface area (Å²) in [5.74, 6) is -3.40. The molecule has 2 heterocycles. The average Bonchev–Trinajstić information content (AvgIpc) is 2.81. The number of pyridine rings is 1. The maximum Gasteiger partial charge on any atom is 0.266 e. The SMILES string of the molecule is O=S(=O)(Nc1ccc(F)cn1)c1cc(F)c(OCC2CNCCC2c2ccc(Cl)cc2)cc1F. The van der Waals surface area contributed by atoms with Crippen molar-refractivity contribution in [3.63, 3.8) is 0 Å². The van der Waals surface area contributed by atoms with Crippen LogP contribution < -0.4 is 14.8 Å². The number of hydrogen-bond acceptors (Lipinski definition) is 5. The van der Waals surface area contributed by atoms with Crippen molar-refractivity contribution in [2.75, 3.05) is 24.4 Å². The number of hydrogen-bond donors (Lipinski definition) is 2. The second-order valence-corrected chi connectivity index (χ2v) is 9.99. The number of benzene rings is 2. The zero-order valence-corrected chi connectivity index (χ0v) is 19.3. The van der Waals surface area contributed by atoms with Gasteiger partial charge in [0, 0.05) is 29.6 Å². The Morgan fingerprint density at radius 1 is 1.09 bits per heavy atom. The number of sulfonamides is 1. The van der Waals surface area contributed by atoms with Crippen LogP contribution in [0.4, 0.5) is 19.0 Å². The predicted octanol–water partition coefficient (Wildman–Crippen LogP) is 4.73. The molecule has 0 aliphatic carbocycles. The largest absolute Gasteiger partial charge is 0.490 e. The molecule has 11 heteroatoms. The molecule has 0 amide bonds. The molecule has 0 spiro atoms. The minimum atomic E-state index is -4.51. The van der Waals surface area contributed by atoms with E-state index in [1.54, 1.807) is 12.1 Å². The van der Waals surface area contributed by atoms with Crippen molar-refractivity contribution in [1.82, 2.24) is 10.3 Å².